The topological polar surface area (TPSA) is 113 Å². The zero-order valence-corrected chi connectivity index (χ0v) is 32.9. The zero-order chi connectivity index (χ0) is 37.0. The maximum Gasteiger partial charge on any atom is 0.329 e. The van der Waals surface area contributed by atoms with Gasteiger partial charge in [0, 0.05) is 11.0 Å². The van der Waals surface area contributed by atoms with Crippen LogP contribution in [0.1, 0.15) is 86.5 Å². The molecule has 1 aliphatic heterocycles. The number of rotatable bonds is 16. The summed E-state index contributed by atoms with van der Waals surface area (Å²) in [5, 5.41) is 10.3. The lowest BCUT2D eigenvalue weighted by molar-refractivity contribution is -0.163. The predicted octanol–water partition coefficient (Wildman–Crippen LogP) is 8.20. The molecule has 0 radical (unpaired) electrons. The van der Waals surface area contributed by atoms with Crippen molar-refractivity contribution in [3.8, 4) is 34.5 Å². The van der Waals surface area contributed by atoms with Gasteiger partial charge >= 0.3 is 5.97 Å². The Morgan fingerprint density at radius 2 is 1.50 bits per heavy atom. The van der Waals surface area contributed by atoms with Crippen molar-refractivity contribution in [3.63, 3.8) is 0 Å². The number of phenolic OH excluding ortho intramolecular Hbond substituents is 1. The number of phenols is 1. The third-order valence-electron chi connectivity index (χ3n) is 10.3. The maximum atomic E-state index is 14.9. The van der Waals surface area contributed by atoms with Crippen LogP contribution >= 0.6 is 22.6 Å². The summed E-state index contributed by atoms with van der Waals surface area (Å²) in [6.07, 6.45) is 7.61. The second-order valence-corrected chi connectivity index (χ2v) is 14.5. The highest BCUT2D eigenvalue weighted by atomic mass is 127. The number of hydrogen-bond donors (Lipinski definition) is 1. The maximum absolute atomic E-state index is 14.9. The number of esters is 1. The van der Waals surface area contributed by atoms with Gasteiger partial charge in [-0.05, 0) is 104 Å². The van der Waals surface area contributed by atoms with E-state index in [9.17, 15) is 14.7 Å². The fourth-order valence-corrected chi connectivity index (χ4v) is 7.86. The van der Waals surface area contributed by atoms with Gasteiger partial charge in [-0.25, -0.2) is 4.79 Å². The van der Waals surface area contributed by atoms with Crippen molar-refractivity contribution < 1.29 is 43.1 Å². The largest absolute Gasteiger partial charge is 0.508 e. The molecule has 0 bridgehead atoms. The Morgan fingerprint density at radius 3 is 2.15 bits per heavy atom. The first-order chi connectivity index (χ1) is 25.3. The zero-order valence-electron chi connectivity index (χ0n) is 30.7. The van der Waals surface area contributed by atoms with Gasteiger partial charge in [-0.1, -0.05) is 60.1 Å². The molecule has 11 heteroatoms. The molecule has 282 valence electrons. The fraction of sp³-hybridized carbons (Fsp3) is 0.512. The van der Waals surface area contributed by atoms with E-state index in [4.69, 9.17) is 28.4 Å². The summed E-state index contributed by atoms with van der Waals surface area (Å²) in [6, 6.07) is 15.6. The van der Waals surface area contributed by atoms with Gasteiger partial charge in [0.2, 0.25) is 11.7 Å². The molecule has 1 N–H and O–H groups in total. The summed E-state index contributed by atoms with van der Waals surface area (Å²) >= 11 is 2.26. The highest BCUT2D eigenvalue weighted by molar-refractivity contribution is 14.1. The normalized spacial score (nSPS) is 17.5. The molecule has 3 aromatic carbocycles. The molecule has 1 heterocycles. The molecule has 0 spiro atoms. The highest BCUT2D eigenvalue weighted by Gasteiger charge is 2.41. The molecule has 3 aromatic rings. The summed E-state index contributed by atoms with van der Waals surface area (Å²) in [4.78, 5) is 31.0. The summed E-state index contributed by atoms with van der Waals surface area (Å²) < 4.78 is 35.6. The molecular weight excluding hydrogens is 777 g/mol. The summed E-state index contributed by atoms with van der Waals surface area (Å²) in [5.41, 5.74) is 2.48. The van der Waals surface area contributed by atoms with Crippen molar-refractivity contribution >= 4 is 34.5 Å². The van der Waals surface area contributed by atoms with Crippen LogP contribution in [0.3, 0.4) is 0 Å². The van der Waals surface area contributed by atoms with E-state index in [0.717, 1.165) is 60.5 Å². The van der Waals surface area contributed by atoms with Crippen LogP contribution in [0, 0.1) is 5.92 Å². The van der Waals surface area contributed by atoms with Gasteiger partial charge in [0.25, 0.3) is 0 Å². The summed E-state index contributed by atoms with van der Waals surface area (Å²) in [6.45, 7) is 0.961. The minimum absolute atomic E-state index is 0.0715. The van der Waals surface area contributed by atoms with Crippen LogP contribution in [-0.2, 0) is 20.7 Å². The van der Waals surface area contributed by atoms with Gasteiger partial charge in [0.1, 0.15) is 17.9 Å². The predicted molar refractivity (Wildman–Crippen MR) is 207 cm³/mol. The van der Waals surface area contributed by atoms with E-state index in [2.05, 4.69) is 22.6 Å². The number of methoxy groups -OCH3 is 4. The van der Waals surface area contributed by atoms with Crippen LogP contribution in [0.25, 0.3) is 0 Å². The number of hydrogen-bond acceptors (Lipinski definition) is 9. The number of aromatic hydroxyl groups is 1. The lowest BCUT2D eigenvalue weighted by Crippen LogP contribution is -2.51. The van der Waals surface area contributed by atoms with Crippen LogP contribution in [0.5, 0.6) is 34.5 Å². The first-order valence-corrected chi connectivity index (χ1v) is 19.8. The van der Waals surface area contributed by atoms with E-state index in [1.165, 1.54) is 0 Å². The number of aryl methyl sites for hydroxylation is 1. The second kappa shape index (κ2) is 19.3. The van der Waals surface area contributed by atoms with Crippen molar-refractivity contribution in [3.05, 3.63) is 71.3 Å². The smallest absolute Gasteiger partial charge is 0.329 e. The number of carbonyl (C=O) groups is 2. The van der Waals surface area contributed by atoms with Crippen molar-refractivity contribution in [1.82, 2.24) is 4.90 Å². The number of amides is 1. The van der Waals surface area contributed by atoms with Crippen molar-refractivity contribution in [1.29, 1.82) is 0 Å². The van der Waals surface area contributed by atoms with Crippen LogP contribution in [0.2, 0.25) is 0 Å². The lowest BCUT2D eigenvalue weighted by Gasteiger charge is -2.40. The number of likely N-dealkylation sites (tertiary alicyclic amines) is 1. The first-order valence-electron chi connectivity index (χ1n) is 18.3. The molecular formula is C41H52INO9. The molecule has 2 unspecified atom stereocenters. The van der Waals surface area contributed by atoms with Gasteiger partial charge in [-0.3, -0.25) is 4.79 Å². The third-order valence-corrected chi connectivity index (χ3v) is 10.7. The van der Waals surface area contributed by atoms with E-state index < -0.39 is 24.0 Å². The molecule has 3 atom stereocenters. The number of piperidine rings is 1. The van der Waals surface area contributed by atoms with Crippen LogP contribution in [0.15, 0.2) is 54.6 Å². The number of carbonyl (C=O) groups excluding carboxylic acids is 2. The van der Waals surface area contributed by atoms with E-state index in [-0.39, 0.29) is 17.6 Å². The second-order valence-electron chi connectivity index (χ2n) is 13.5. The average molecular weight is 830 g/mol. The molecule has 2 fully saturated rings. The quantitative estimate of drug-likeness (QED) is 0.0868. The number of benzene rings is 3. The number of halogens is 1. The third kappa shape index (κ3) is 9.56. The standard InChI is InChI=1S/C41H52INO9/c1-47-34-19-17-27(23-35(34)48-2)16-18-33(29-13-10-14-31(44)24-29)52-41(46)32-15-8-9-21-43(32)40(45)38(28-11-6-5-7-12-28)30-25-36(49-3)39(51-22-20-42)37(26-30)50-4/h10,13-14,17,19,23-26,28,32-33,38,44H,5-9,11-12,15-16,18,20-22H2,1-4H3/t32-,33?,38?/m1/s1. The first kappa shape index (κ1) is 39.3. The van der Waals surface area contributed by atoms with E-state index in [1.807, 2.05) is 36.4 Å². The molecule has 1 amide bonds. The molecule has 1 saturated heterocycles. The Bertz CT molecular complexity index is 1620. The van der Waals surface area contributed by atoms with Crippen LogP contribution < -0.4 is 23.7 Å². The molecule has 52 heavy (non-hydrogen) atoms. The van der Waals surface area contributed by atoms with Gasteiger partial charge < -0.3 is 38.4 Å². The SMILES string of the molecule is COc1ccc(CCC(OC(=O)[C@H]2CCCCN2C(=O)C(c2cc(OC)c(OCCI)c(OC)c2)C2CCCCC2)c2cccc(O)c2)cc1OC. The van der Waals surface area contributed by atoms with E-state index in [0.29, 0.717) is 66.7 Å². The Balaban J connectivity index is 1.43. The Kier molecular flexibility index (Phi) is 14.6. The molecule has 10 nitrogen and oxygen atoms in total. The van der Waals surface area contributed by atoms with Crippen molar-refractivity contribution in [2.75, 3.05) is 46.0 Å². The van der Waals surface area contributed by atoms with Crippen LogP contribution in [0.4, 0.5) is 0 Å². The van der Waals surface area contributed by atoms with E-state index >= 15 is 0 Å². The molecule has 1 saturated carbocycles. The van der Waals surface area contributed by atoms with Crippen molar-refractivity contribution in [2.24, 2.45) is 5.92 Å². The summed E-state index contributed by atoms with van der Waals surface area (Å²) in [7, 11) is 6.38. The van der Waals surface area contributed by atoms with Crippen LogP contribution in [-0.4, -0.2) is 73.9 Å². The molecule has 2 aliphatic rings. The molecule has 5 rings (SSSR count). The lowest BCUT2D eigenvalue weighted by atomic mass is 9.75. The van der Waals surface area contributed by atoms with Gasteiger partial charge in [0.05, 0.1) is 41.0 Å². The monoisotopic (exact) mass is 829 g/mol. The minimum atomic E-state index is -0.733. The Hall–Kier alpha value is -3.87. The summed E-state index contributed by atoms with van der Waals surface area (Å²) in [5.74, 6) is 2.01. The van der Waals surface area contributed by atoms with Gasteiger partial charge in [-0.2, -0.15) is 0 Å². The Labute approximate surface area is 321 Å². The Morgan fingerprint density at radius 1 is 0.808 bits per heavy atom. The number of ether oxygens (including phenoxy) is 6. The highest BCUT2D eigenvalue weighted by Crippen LogP contribution is 2.45. The fourth-order valence-electron chi connectivity index (χ4n) is 7.64. The van der Waals surface area contributed by atoms with Gasteiger partial charge in [0.15, 0.2) is 23.0 Å². The van der Waals surface area contributed by atoms with E-state index in [1.54, 1.807) is 51.5 Å². The number of alkyl halides is 1. The number of nitrogens with zero attached hydrogens (tertiary/aromatic N) is 1. The minimum Gasteiger partial charge on any atom is -0.508 e. The van der Waals surface area contributed by atoms with Crippen molar-refractivity contribution in [2.45, 2.75) is 82.3 Å². The average Bonchev–Trinajstić information content (AvgIpc) is 3.18. The molecule has 0 aromatic heterocycles. The van der Waals surface area contributed by atoms with Gasteiger partial charge in [-0.15, -0.1) is 0 Å². The molecule has 1 aliphatic carbocycles.